The number of aliphatic carboxylic acids is 1. The van der Waals surface area contributed by atoms with Gasteiger partial charge in [0.05, 0.1) is 21.4 Å². The van der Waals surface area contributed by atoms with E-state index in [1.165, 1.54) is 18.2 Å². The summed E-state index contributed by atoms with van der Waals surface area (Å²) < 4.78 is 27.8. The van der Waals surface area contributed by atoms with Crippen molar-refractivity contribution in [2.45, 2.75) is 81.5 Å². The number of carboxylic acids is 1. The van der Waals surface area contributed by atoms with Gasteiger partial charge in [-0.05, 0) is 70.7 Å². The van der Waals surface area contributed by atoms with Crippen LogP contribution in [0.3, 0.4) is 0 Å². The summed E-state index contributed by atoms with van der Waals surface area (Å²) in [5.74, 6) is -0.914. The van der Waals surface area contributed by atoms with E-state index in [2.05, 4.69) is 27.7 Å². The van der Waals surface area contributed by atoms with Crippen LogP contribution in [0.4, 0.5) is 0 Å². The number of sulfone groups is 1. The van der Waals surface area contributed by atoms with E-state index in [-0.39, 0.29) is 45.1 Å². The molecule has 0 saturated carbocycles. The lowest BCUT2D eigenvalue weighted by Crippen LogP contribution is -2.32. The molecule has 2 aromatic carbocycles. The Labute approximate surface area is 191 Å². The number of hydrogen-bond acceptors (Lipinski definition) is 5. The second kappa shape index (κ2) is 9.85. The van der Waals surface area contributed by atoms with E-state index in [0.717, 1.165) is 16.7 Å². The van der Waals surface area contributed by atoms with E-state index >= 15 is 0 Å². The summed E-state index contributed by atoms with van der Waals surface area (Å²) in [5.41, 5.74) is 9.12. The molecule has 6 nitrogen and oxygen atoms in total. The van der Waals surface area contributed by atoms with Gasteiger partial charge in [0.1, 0.15) is 6.04 Å². The maximum absolute atomic E-state index is 13.9. The van der Waals surface area contributed by atoms with Gasteiger partial charge < -0.3 is 10.8 Å². The molecule has 0 bridgehead atoms. The van der Waals surface area contributed by atoms with Crippen molar-refractivity contribution in [1.29, 1.82) is 5.26 Å². The van der Waals surface area contributed by atoms with Crippen LogP contribution in [0.15, 0.2) is 40.1 Å². The van der Waals surface area contributed by atoms with Crippen LogP contribution >= 0.6 is 0 Å². The van der Waals surface area contributed by atoms with Crippen LogP contribution in [0.25, 0.3) is 0 Å². The number of nitrogens with zero attached hydrogens (tertiary/aromatic N) is 1. The molecule has 32 heavy (non-hydrogen) atoms. The molecule has 0 fully saturated rings. The molecule has 0 spiro atoms. The van der Waals surface area contributed by atoms with Gasteiger partial charge in [0.25, 0.3) is 0 Å². The lowest BCUT2D eigenvalue weighted by molar-refractivity contribution is -0.138. The summed E-state index contributed by atoms with van der Waals surface area (Å²) in [6.45, 7) is 12.2. The molecule has 0 aliphatic rings. The smallest absolute Gasteiger partial charge is 0.320 e. The summed E-state index contributed by atoms with van der Waals surface area (Å²) in [4.78, 5) is 11.5. The first kappa shape index (κ1) is 25.6. The first-order valence-electron chi connectivity index (χ1n) is 10.8. The van der Waals surface area contributed by atoms with Crippen molar-refractivity contribution in [1.82, 2.24) is 0 Å². The number of carboxylic acid groups (broad SMARTS) is 1. The summed E-state index contributed by atoms with van der Waals surface area (Å²) in [7, 11) is -4.00. The normalized spacial score (nSPS) is 12.9. The first-order valence-corrected chi connectivity index (χ1v) is 12.2. The van der Waals surface area contributed by atoms with Crippen molar-refractivity contribution >= 4 is 15.8 Å². The van der Waals surface area contributed by atoms with Crippen molar-refractivity contribution < 1.29 is 18.3 Å². The molecule has 0 aliphatic carbocycles. The molecule has 7 heteroatoms. The van der Waals surface area contributed by atoms with Crippen LogP contribution < -0.4 is 5.73 Å². The number of carbonyl (C=O) groups is 1. The third-order valence-electron chi connectivity index (χ3n) is 5.58. The Morgan fingerprint density at radius 3 is 2.00 bits per heavy atom. The number of benzene rings is 2. The minimum Gasteiger partial charge on any atom is -0.480 e. The average Bonchev–Trinajstić information content (AvgIpc) is 2.71. The topological polar surface area (TPSA) is 121 Å². The van der Waals surface area contributed by atoms with Crippen molar-refractivity contribution in [2.24, 2.45) is 5.73 Å². The van der Waals surface area contributed by atoms with Gasteiger partial charge in [-0.25, -0.2) is 8.42 Å². The zero-order chi connectivity index (χ0) is 24.4. The molecule has 2 aromatic rings. The molecule has 0 saturated heterocycles. The van der Waals surface area contributed by atoms with Gasteiger partial charge in [0.15, 0.2) is 0 Å². The largest absolute Gasteiger partial charge is 0.480 e. The van der Waals surface area contributed by atoms with Crippen LogP contribution in [0.2, 0.25) is 0 Å². The van der Waals surface area contributed by atoms with Gasteiger partial charge in [-0.2, -0.15) is 5.26 Å². The maximum Gasteiger partial charge on any atom is 0.320 e. The summed E-state index contributed by atoms with van der Waals surface area (Å²) in [5, 5.41) is 18.5. The zero-order valence-electron chi connectivity index (χ0n) is 19.5. The van der Waals surface area contributed by atoms with Crippen LogP contribution in [-0.4, -0.2) is 25.5 Å². The van der Waals surface area contributed by atoms with Gasteiger partial charge in [0, 0.05) is 0 Å². The Kier molecular flexibility index (Phi) is 7.87. The van der Waals surface area contributed by atoms with Crippen molar-refractivity contribution in [3.8, 4) is 6.07 Å². The van der Waals surface area contributed by atoms with Crippen LogP contribution in [0.5, 0.6) is 0 Å². The van der Waals surface area contributed by atoms with Gasteiger partial charge in [-0.3, -0.25) is 4.79 Å². The average molecular weight is 457 g/mol. The molecule has 0 aliphatic heterocycles. The predicted molar refractivity (Wildman–Crippen MR) is 125 cm³/mol. The Hall–Kier alpha value is -2.69. The number of rotatable bonds is 8. The second-order valence-electron chi connectivity index (χ2n) is 9.03. The quantitative estimate of drug-likeness (QED) is 0.593. The van der Waals surface area contributed by atoms with E-state index in [1.807, 2.05) is 26.0 Å². The SMILES string of the molecule is CC(C)c1ccc(S(=O)(=O)c2ccc(C#N)cc2C[C@H](N)C(=O)O)c(C(C)C)c1C(C)C. The molecule has 172 valence electrons. The Balaban J connectivity index is 2.86. The highest BCUT2D eigenvalue weighted by Gasteiger charge is 2.30. The first-order chi connectivity index (χ1) is 14.8. The van der Waals surface area contributed by atoms with Gasteiger partial charge >= 0.3 is 5.97 Å². The molecule has 0 heterocycles. The van der Waals surface area contributed by atoms with Crippen LogP contribution in [-0.2, 0) is 21.1 Å². The van der Waals surface area contributed by atoms with E-state index < -0.39 is 21.8 Å². The third-order valence-corrected chi connectivity index (χ3v) is 7.50. The summed E-state index contributed by atoms with van der Waals surface area (Å²) in [6.07, 6.45) is -0.197. The summed E-state index contributed by atoms with van der Waals surface area (Å²) in [6, 6.07) is 8.47. The Morgan fingerprint density at radius 2 is 1.53 bits per heavy atom. The molecular weight excluding hydrogens is 424 g/mol. The minimum atomic E-state index is -4.00. The lowest BCUT2D eigenvalue weighted by Gasteiger charge is -2.26. The van der Waals surface area contributed by atoms with E-state index in [4.69, 9.17) is 5.73 Å². The monoisotopic (exact) mass is 456 g/mol. The molecule has 0 radical (unpaired) electrons. The standard InChI is InChI=1S/C25H32N2O4S/c1-14(2)19-8-10-22(24(16(5)6)23(19)15(3)4)32(30,31)21-9-7-17(13-26)11-18(21)12-20(27)25(28)29/h7-11,14-16,20H,12,27H2,1-6H3,(H,28,29)/t20-/m0/s1. The molecule has 1 atom stereocenters. The molecule has 0 aromatic heterocycles. The Bertz CT molecular complexity index is 1160. The van der Waals surface area contributed by atoms with E-state index in [0.29, 0.717) is 0 Å². The van der Waals surface area contributed by atoms with E-state index in [1.54, 1.807) is 6.07 Å². The molecule has 2 rings (SSSR count). The highest BCUT2D eigenvalue weighted by molar-refractivity contribution is 7.91. The lowest BCUT2D eigenvalue weighted by atomic mass is 9.83. The Morgan fingerprint density at radius 1 is 0.969 bits per heavy atom. The number of nitriles is 1. The molecule has 3 N–H and O–H groups in total. The fourth-order valence-corrected chi connectivity index (χ4v) is 5.98. The zero-order valence-corrected chi connectivity index (χ0v) is 20.3. The third kappa shape index (κ3) is 5.03. The predicted octanol–water partition coefficient (Wildman–Crippen LogP) is 4.72. The van der Waals surface area contributed by atoms with Gasteiger partial charge in [-0.15, -0.1) is 0 Å². The van der Waals surface area contributed by atoms with Crippen LogP contribution in [0, 0.1) is 11.3 Å². The van der Waals surface area contributed by atoms with Crippen LogP contribution in [0.1, 0.15) is 87.1 Å². The summed E-state index contributed by atoms with van der Waals surface area (Å²) >= 11 is 0. The molecular formula is C25H32N2O4S. The second-order valence-corrected chi connectivity index (χ2v) is 10.9. The molecule has 0 amide bonds. The van der Waals surface area contributed by atoms with Crippen molar-refractivity contribution in [2.75, 3.05) is 0 Å². The maximum atomic E-state index is 13.9. The fraction of sp³-hybridized carbons (Fsp3) is 0.440. The highest BCUT2D eigenvalue weighted by Crippen LogP contribution is 2.39. The van der Waals surface area contributed by atoms with Gasteiger partial charge in [-0.1, -0.05) is 47.6 Å². The highest BCUT2D eigenvalue weighted by atomic mass is 32.2. The number of nitrogens with two attached hydrogens (primary N) is 1. The van der Waals surface area contributed by atoms with Gasteiger partial charge in [0.2, 0.25) is 9.84 Å². The fourth-order valence-electron chi connectivity index (χ4n) is 4.12. The number of hydrogen-bond donors (Lipinski definition) is 2. The minimum absolute atomic E-state index is 0.0119. The van der Waals surface area contributed by atoms with E-state index in [9.17, 15) is 23.6 Å². The van der Waals surface area contributed by atoms with Crippen molar-refractivity contribution in [3.63, 3.8) is 0 Å². The molecule has 0 unspecified atom stereocenters. The van der Waals surface area contributed by atoms with Crippen molar-refractivity contribution in [3.05, 3.63) is 58.1 Å².